The van der Waals surface area contributed by atoms with E-state index in [4.69, 9.17) is 4.74 Å². The van der Waals surface area contributed by atoms with Crippen LogP contribution in [0.25, 0.3) is 0 Å². The van der Waals surface area contributed by atoms with Gasteiger partial charge in [0.1, 0.15) is 17.7 Å². The van der Waals surface area contributed by atoms with Gasteiger partial charge < -0.3 is 20.1 Å². The molecule has 0 bridgehead atoms. The molecule has 2 aliphatic carbocycles. The second-order valence-corrected chi connectivity index (χ2v) is 9.00. The van der Waals surface area contributed by atoms with Crippen molar-refractivity contribution in [2.45, 2.75) is 83.0 Å². The van der Waals surface area contributed by atoms with Crippen LogP contribution in [0.5, 0.6) is 0 Å². The number of carbonyl (C=O) groups excluding carboxylic acids is 2. The lowest BCUT2D eigenvalue weighted by Crippen LogP contribution is -2.59. The lowest BCUT2D eigenvalue weighted by Gasteiger charge is -2.39. The van der Waals surface area contributed by atoms with Crippen molar-refractivity contribution in [1.82, 2.24) is 10.2 Å². The third-order valence-electron chi connectivity index (χ3n) is 5.94. The molecule has 2 N–H and O–H groups in total. The molecule has 2 saturated carbocycles. The Kier molecular flexibility index (Phi) is 4.91. The maximum Gasteiger partial charge on any atom is 0.408 e. The minimum atomic E-state index is -0.861. The maximum atomic E-state index is 13.4. The van der Waals surface area contributed by atoms with Gasteiger partial charge in [0, 0.05) is 11.5 Å². The number of likely N-dealkylation sites (tertiary alicyclic amines) is 1. The number of piperidine rings is 1. The minimum Gasteiger partial charge on any atom is -0.444 e. The zero-order valence-corrected chi connectivity index (χ0v) is 15.8. The fourth-order valence-corrected chi connectivity index (χ4v) is 4.56. The van der Waals surface area contributed by atoms with Crippen LogP contribution in [0.4, 0.5) is 4.79 Å². The Morgan fingerprint density at radius 1 is 1.35 bits per heavy atom. The second-order valence-electron chi connectivity index (χ2n) is 9.00. The molecule has 1 saturated heterocycles. The summed E-state index contributed by atoms with van der Waals surface area (Å²) < 4.78 is 5.35. The summed E-state index contributed by atoms with van der Waals surface area (Å²) in [6.45, 7) is 5.13. The van der Waals surface area contributed by atoms with Gasteiger partial charge in [-0.05, 0) is 52.4 Å². The molecule has 3 fully saturated rings. The highest BCUT2D eigenvalue weighted by Crippen LogP contribution is 2.49. The van der Waals surface area contributed by atoms with Crippen molar-refractivity contribution in [1.29, 1.82) is 5.26 Å². The van der Waals surface area contributed by atoms with E-state index in [0.717, 1.165) is 19.3 Å². The van der Waals surface area contributed by atoms with E-state index in [1.807, 2.05) is 0 Å². The number of nitriles is 1. The highest BCUT2D eigenvalue weighted by molar-refractivity contribution is 5.88. The van der Waals surface area contributed by atoms with Gasteiger partial charge in [0.15, 0.2) is 0 Å². The van der Waals surface area contributed by atoms with Crippen LogP contribution >= 0.6 is 0 Å². The first kappa shape index (κ1) is 19.0. The van der Waals surface area contributed by atoms with Crippen molar-refractivity contribution in [3.8, 4) is 6.07 Å². The monoisotopic (exact) mass is 363 g/mol. The van der Waals surface area contributed by atoms with Gasteiger partial charge in [-0.2, -0.15) is 5.26 Å². The fraction of sp³-hybridized carbons (Fsp3) is 0.842. The lowest BCUT2D eigenvalue weighted by atomic mass is 9.78. The number of nitrogens with one attached hydrogen (secondary N) is 1. The number of nitrogens with zero attached hydrogens (tertiary/aromatic N) is 2. The van der Waals surface area contributed by atoms with Crippen molar-refractivity contribution < 1.29 is 19.4 Å². The number of alkyl carbamates (subject to hydrolysis) is 1. The number of hydrogen-bond acceptors (Lipinski definition) is 5. The zero-order chi connectivity index (χ0) is 19.1. The van der Waals surface area contributed by atoms with Crippen LogP contribution in [0.2, 0.25) is 0 Å². The van der Waals surface area contributed by atoms with Crippen LogP contribution in [0.1, 0.15) is 59.3 Å². The fourth-order valence-electron chi connectivity index (χ4n) is 4.56. The topological polar surface area (TPSA) is 103 Å². The van der Waals surface area contributed by atoms with Gasteiger partial charge >= 0.3 is 6.09 Å². The van der Waals surface area contributed by atoms with Gasteiger partial charge in [-0.15, -0.1) is 0 Å². The quantitative estimate of drug-likeness (QED) is 0.795. The number of hydrogen-bond donors (Lipinski definition) is 2. The maximum absolute atomic E-state index is 13.4. The SMILES string of the molecule is CC(C)(C)OC(=O)N[C@H](C(=O)N1C(C#N)CC2CC21)C1(CO)CCCC1. The molecule has 3 unspecified atom stereocenters. The molecular formula is C19H29N3O4. The van der Waals surface area contributed by atoms with Crippen LogP contribution in [-0.2, 0) is 9.53 Å². The number of carbonyl (C=O) groups is 2. The molecule has 26 heavy (non-hydrogen) atoms. The van der Waals surface area contributed by atoms with Crippen LogP contribution in [0.3, 0.4) is 0 Å². The smallest absolute Gasteiger partial charge is 0.408 e. The van der Waals surface area contributed by atoms with Crippen molar-refractivity contribution in [3.63, 3.8) is 0 Å². The Morgan fingerprint density at radius 3 is 2.54 bits per heavy atom. The van der Waals surface area contributed by atoms with E-state index in [2.05, 4.69) is 11.4 Å². The predicted molar refractivity (Wildman–Crippen MR) is 93.9 cm³/mol. The molecule has 1 heterocycles. The Labute approximate surface area is 154 Å². The number of rotatable bonds is 4. The first-order chi connectivity index (χ1) is 12.2. The average molecular weight is 363 g/mol. The van der Waals surface area contributed by atoms with Crippen molar-refractivity contribution in [2.24, 2.45) is 11.3 Å². The summed E-state index contributed by atoms with van der Waals surface area (Å²) in [6, 6.07) is 1.03. The van der Waals surface area contributed by atoms with Crippen molar-refractivity contribution in [2.75, 3.05) is 6.61 Å². The first-order valence-corrected chi connectivity index (χ1v) is 9.53. The number of ether oxygens (including phenoxy) is 1. The largest absolute Gasteiger partial charge is 0.444 e. The van der Waals surface area contributed by atoms with Gasteiger partial charge in [0.25, 0.3) is 0 Å². The highest BCUT2D eigenvalue weighted by Gasteiger charge is 2.57. The molecule has 144 valence electrons. The zero-order valence-electron chi connectivity index (χ0n) is 15.8. The lowest BCUT2D eigenvalue weighted by molar-refractivity contribution is -0.139. The second kappa shape index (κ2) is 6.73. The molecule has 4 atom stereocenters. The van der Waals surface area contributed by atoms with E-state index in [0.29, 0.717) is 25.2 Å². The molecule has 0 aromatic carbocycles. The molecule has 7 nitrogen and oxygen atoms in total. The molecule has 2 amide bonds. The molecule has 0 aromatic heterocycles. The molecular weight excluding hydrogens is 334 g/mol. The Bertz CT molecular complexity index is 615. The van der Waals surface area contributed by atoms with Gasteiger partial charge in [0.2, 0.25) is 5.91 Å². The summed E-state index contributed by atoms with van der Waals surface area (Å²) in [5.41, 5.74) is -1.36. The van der Waals surface area contributed by atoms with Crippen molar-refractivity contribution in [3.05, 3.63) is 0 Å². The van der Waals surface area contributed by atoms with E-state index in [9.17, 15) is 20.0 Å². The molecule has 0 aromatic rings. The van der Waals surface area contributed by atoms with E-state index >= 15 is 0 Å². The van der Waals surface area contributed by atoms with Crippen molar-refractivity contribution >= 4 is 12.0 Å². The predicted octanol–water partition coefficient (Wildman–Crippen LogP) is 1.95. The molecule has 0 radical (unpaired) electrons. The van der Waals surface area contributed by atoms with E-state index in [1.54, 1.807) is 25.7 Å². The number of aliphatic hydroxyl groups is 1. The molecule has 1 aliphatic heterocycles. The number of amides is 2. The van der Waals surface area contributed by atoms with Crippen LogP contribution < -0.4 is 5.32 Å². The van der Waals surface area contributed by atoms with Crippen LogP contribution in [-0.4, -0.2) is 52.3 Å². The standard InChI is InChI=1S/C19H29N3O4/c1-18(2,3)26-17(25)21-15(19(11-23)6-4-5-7-19)16(24)22-13(10-20)8-12-9-14(12)22/h12-15,23H,4-9,11H2,1-3H3,(H,21,25)/t12?,13?,14?,15-/m1/s1. The summed E-state index contributed by atoms with van der Waals surface area (Å²) in [7, 11) is 0. The average Bonchev–Trinajstić information content (AvgIpc) is 3.01. The normalized spacial score (nSPS) is 30.3. The van der Waals surface area contributed by atoms with Gasteiger partial charge in [-0.3, -0.25) is 4.79 Å². The Hall–Kier alpha value is -1.81. The highest BCUT2D eigenvalue weighted by atomic mass is 16.6. The summed E-state index contributed by atoms with van der Waals surface area (Å²) in [5, 5.41) is 22.3. The van der Waals surface area contributed by atoms with Gasteiger partial charge in [-0.25, -0.2) is 4.79 Å². The van der Waals surface area contributed by atoms with E-state index in [1.165, 1.54) is 0 Å². The van der Waals surface area contributed by atoms with E-state index in [-0.39, 0.29) is 18.6 Å². The molecule has 0 spiro atoms. The Morgan fingerprint density at radius 2 is 2.00 bits per heavy atom. The summed E-state index contributed by atoms with van der Waals surface area (Å²) in [6.07, 6.45) is 4.15. The minimum absolute atomic E-state index is 0.104. The first-order valence-electron chi connectivity index (χ1n) is 9.53. The number of fused-ring (bicyclic) bond motifs is 1. The molecule has 3 rings (SSSR count). The summed E-state index contributed by atoms with van der Waals surface area (Å²) in [5.74, 6) is 0.155. The van der Waals surface area contributed by atoms with Gasteiger partial charge in [0.05, 0.1) is 12.7 Å². The third-order valence-corrected chi connectivity index (χ3v) is 5.94. The van der Waals surface area contributed by atoms with Crippen LogP contribution in [0.15, 0.2) is 0 Å². The Balaban J connectivity index is 1.84. The number of aliphatic hydroxyl groups excluding tert-OH is 1. The molecule has 7 heteroatoms. The van der Waals surface area contributed by atoms with E-state index < -0.39 is 29.2 Å². The van der Waals surface area contributed by atoms with Crippen LogP contribution in [0, 0.1) is 22.7 Å². The van der Waals surface area contributed by atoms with Gasteiger partial charge in [-0.1, -0.05) is 12.8 Å². The summed E-state index contributed by atoms with van der Waals surface area (Å²) in [4.78, 5) is 27.4. The summed E-state index contributed by atoms with van der Waals surface area (Å²) >= 11 is 0. The third kappa shape index (κ3) is 3.52. The molecule has 3 aliphatic rings.